The van der Waals surface area contributed by atoms with Crippen LogP contribution in [-0.4, -0.2) is 83.2 Å². The Labute approximate surface area is 122 Å². The molecule has 2 aliphatic rings. The monoisotopic (exact) mass is 283 g/mol. The second-order valence-electron chi connectivity index (χ2n) is 6.83. The van der Waals surface area contributed by atoms with Crippen molar-refractivity contribution in [1.82, 2.24) is 14.7 Å². The van der Waals surface area contributed by atoms with E-state index in [-0.39, 0.29) is 6.04 Å². The van der Waals surface area contributed by atoms with Crippen LogP contribution >= 0.6 is 0 Å². The topological polar surface area (TPSA) is 47.0 Å². The van der Waals surface area contributed by atoms with Crippen molar-refractivity contribution in [1.29, 1.82) is 0 Å². The highest BCUT2D eigenvalue weighted by molar-refractivity contribution is 5.81. The third kappa shape index (κ3) is 4.17. The lowest BCUT2D eigenvalue weighted by molar-refractivity contribution is -0.136. The molecule has 1 amide bonds. The molecule has 2 rings (SSSR count). The molecule has 2 aliphatic heterocycles. The van der Waals surface area contributed by atoms with Crippen LogP contribution in [0.4, 0.5) is 0 Å². The number of hydrogen-bond acceptors (Lipinski definition) is 4. The summed E-state index contributed by atoms with van der Waals surface area (Å²) in [4.78, 5) is 19.0. The normalized spacial score (nSPS) is 24.1. The first-order valence-corrected chi connectivity index (χ1v) is 7.84. The van der Waals surface area contributed by atoms with Crippen LogP contribution in [-0.2, 0) is 4.79 Å². The molecule has 0 bridgehead atoms. The van der Waals surface area contributed by atoms with Gasteiger partial charge < -0.3 is 10.0 Å². The largest absolute Gasteiger partial charge is 0.389 e. The molecule has 0 aromatic heterocycles. The lowest BCUT2D eigenvalue weighted by Crippen LogP contribution is -2.55. The molecular weight excluding hydrogens is 254 g/mol. The zero-order chi connectivity index (χ0) is 14.8. The highest BCUT2D eigenvalue weighted by Crippen LogP contribution is 2.15. The number of nitrogens with zero attached hydrogens (tertiary/aromatic N) is 3. The molecule has 116 valence electrons. The van der Waals surface area contributed by atoms with Gasteiger partial charge in [-0.2, -0.15) is 0 Å². The van der Waals surface area contributed by atoms with E-state index in [4.69, 9.17) is 0 Å². The molecule has 0 aromatic rings. The molecule has 0 spiro atoms. The van der Waals surface area contributed by atoms with Gasteiger partial charge in [-0.3, -0.25) is 14.6 Å². The number of aliphatic hydroxyl groups is 1. The maximum absolute atomic E-state index is 12.4. The van der Waals surface area contributed by atoms with Gasteiger partial charge in [-0.05, 0) is 33.6 Å². The molecule has 2 saturated heterocycles. The predicted molar refractivity (Wildman–Crippen MR) is 79.6 cm³/mol. The summed E-state index contributed by atoms with van der Waals surface area (Å²) in [5.74, 6) is 0.290. The molecular formula is C15H29N3O2. The Balaban J connectivity index is 1.79. The molecule has 2 heterocycles. The smallest absolute Gasteiger partial charge is 0.239 e. The van der Waals surface area contributed by atoms with Crippen LogP contribution < -0.4 is 0 Å². The average molecular weight is 283 g/mol. The summed E-state index contributed by atoms with van der Waals surface area (Å²) in [7, 11) is 0. The van der Waals surface area contributed by atoms with E-state index >= 15 is 0 Å². The van der Waals surface area contributed by atoms with E-state index in [9.17, 15) is 9.90 Å². The molecule has 0 aromatic carbocycles. The van der Waals surface area contributed by atoms with E-state index in [1.807, 2.05) is 25.7 Å². The minimum Gasteiger partial charge on any atom is -0.389 e. The van der Waals surface area contributed by atoms with Gasteiger partial charge >= 0.3 is 0 Å². The summed E-state index contributed by atoms with van der Waals surface area (Å²) in [6.45, 7) is 12.0. The van der Waals surface area contributed by atoms with Gasteiger partial charge in [-0.1, -0.05) is 0 Å². The van der Waals surface area contributed by atoms with Crippen molar-refractivity contribution in [2.45, 2.75) is 45.3 Å². The van der Waals surface area contributed by atoms with Gasteiger partial charge in [0, 0.05) is 45.8 Å². The van der Waals surface area contributed by atoms with Crippen LogP contribution in [0.5, 0.6) is 0 Å². The number of carbonyl (C=O) groups is 1. The van der Waals surface area contributed by atoms with Crippen molar-refractivity contribution >= 4 is 5.91 Å². The zero-order valence-electron chi connectivity index (χ0n) is 13.1. The van der Waals surface area contributed by atoms with E-state index in [1.54, 1.807) is 0 Å². The first-order chi connectivity index (χ1) is 9.37. The number of likely N-dealkylation sites (tertiary alicyclic amines) is 1. The van der Waals surface area contributed by atoms with Crippen LogP contribution in [0.3, 0.4) is 0 Å². The van der Waals surface area contributed by atoms with E-state index in [2.05, 4.69) is 9.80 Å². The fourth-order valence-corrected chi connectivity index (χ4v) is 3.21. The zero-order valence-corrected chi connectivity index (χ0v) is 13.1. The van der Waals surface area contributed by atoms with Gasteiger partial charge in [0.05, 0.1) is 11.6 Å². The number of carbonyl (C=O) groups excluding carboxylic acids is 1. The third-order valence-corrected chi connectivity index (χ3v) is 4.34. The summed E-state index contributed by atoms with van der Waals surface area (Å²) in [6.07, 6.45) is 2.30. The van der Waals surface area contributed by atoms with Gasteiger partial charge in [0.2, 0.25) is 5.91 Å². The number of rotatable bonds is 4. The number of hydrogen-bond donors (Lipinski definition) is 1. The Morgan fingerprint density at radius 1 is 1.10 bits per heavy atom. The molecule has 1 atom stereocenters. The SMILES string of the molecule is CC(C(=O)N1CCCC1)N1CCN(CC(C)(C)O)CC1. The van der Waals surface area contributed by atoms with Crippen molar-refractivity contribution in [2.75, 3.05) is 45.8 Å². The molecule has 2 fully saturated rings. The molecule has 5 heteroatoms. The summed E-state index contributed by atoms with van der Waals surface area (Å²) >= 11 is 0. The second-order valence-corrected chi connectivity index (χ2v) is 6.83. The lowest BCUT2D eigenvalue weighted by atomic mass is 10.1. The van der Waals surface area contributed by atoms with Crippen molar-refractivity contribution in [3.8, 4) is 0 Å². The Hall–Kier alpha value is -0.650. The van der Waals surface area contributed by atoms with Gasteiger partial charge in [0.15, 0.2) is 0 Å². The fourth-order valence-electron chi connectivity index (χ4n) is 3.21. The van der Waals surface area contributed by atoms with E-state index < -0.39 is 5.60 Å². The van der Waals surface area contributed by atoms with E-state index in [1.165, 1.54) is 0 Å². The molecule has 0 saturated carbocycles. The van der Waals surface area contributed by atoms with Crippen molar-refractivity contribution in [2.24, 2.45) is 0 Å². The van der Waals surface area contributed by atoms with Crippen molar-refractivity contribution in [3.63, 3.8) is 0 Å². The van der Waals surface area contributed by atoms with Crippen molar-refractivity contribution < 1.29 is 9.90 Å². The first kappa shape index (κ1) is 15.7. The molecule has 0 aliphatic carbocycles. The molecule has 0 radical (unpaired) electrons. The fraction of sp³-hybridized carbons (Fsp3) is 0.933. The molecule has 20 heavy (non-hydrogen) atoms. The van der Waals surface area contributed by atoms with Gasteiger partial charge in [-0.25, -0.2) is 0 Å². The summed E-state index contributed by atoms with van der Waals surface area (Å²) in [5, 5.41) is 9.86. The van der Waals surface area contributed by atoms with E-state index in [0.29, 0.717) is 12.5 Å². The molecule has 1 N–H and O–H groups in total. The van der Waals surface area contributed by atoms with Crippen LogP contribution in [0, 0.1) is 0 Å². The van der Waals surface area contributed by atoms with Crippen LogP contribution in [0.1, 0.15) is 33.6 Å². The minimum atomic E-state index is -0.640. The molecule has 5 nitrogen and oxygen atoms in total. The highest BCUT2D eigenvalue weighted by Gasteiger charge is 2.30. The van der Waals surface area contributed by atoms with Crippen LogP contribution in [0.25, 0.3) is 0 Å². The quantitative estimate of drug-likeness (QED) is 0.810. The predicted octanol–water partition coefficient (Wildman–Crippen LogP) is 0.386. The van der Waals surface area contributed by atoms with Crippen molar-refractivity contribution in [3.05, 3.63) is 0 Å². The highest BCUT2D eigenvalue weighted by atomic mass is 16.3. The average Bonchev–Trinajstić information content (AvgIpc) is 2.90. The minimum absolute atomic E-state index is 0.00242. The summed E-state index contributed by atoms with van der Waals surface area (Å²) < 4.78 is 0. The summed E-state index contributed by atoms with van der Waals surface area (Å²) in [5.41, 5.74) is -0.640. The first-order valence-electron chi connectivity index (χ1n) is 7.84. The van der Waals surface area contributed by atoms with Gasteiger partial charge in [0.1, 0.15) is 0 Å². The Morgan fingerprint density at radius 3 is 2.15 bits per heavy atom. The maximum Gasteiger partial charge on any atom is 0.239 e. The maximum atomic E-state index is 12.4. The standard InChI is InChI=1S/C15H29N3O2/c1-13(14(19)18-6-4-5-7-18)17-10-8-16(9-11-17)12-15(2,3)20/h13,20H,4-12H2,1-3H3. The Morgan fingerprint density at radius 2 is 1.65 bits per heavy atom. The molecule has 1 unspecified atom stereocenters. The Bertz CT molecular complexity index is 327. The van der Waals surface area contributed by atoms with Crippen LogP contribution in [0.15, 0.2) is 0 Å². The number of β-amino-alcohol motifs (C(OH)–C–C–N with tert-alkyl or cyclic N) is 1. The van der Waals surface area contributed by atoms with Gasteiger partial charge in [-0.15, -0.1) is 0 Å². The third-order valence-electron chi connectivity index (χ3n) is 4.34. The van der Waals surface area contributed by atoms with Gasteiger partial charge in [0.25, 0.3) is 0 Å². The summed E-state index contributed by atoms with van der Waals surface area (Å²) in [6, 6.07) is -0.00242. The Kier molecular flexibility index (Phi) is 5.04. The second kappa shape index (κ2) is 6.41. The van der Waals surface area contributed by atoms with E-state index in [0.717, 1.165) is 52.1 Å². The van der Waals surface area contributed by atoms with Crippen LogP contribution in [0.2, 0.25) is 0 Å². The lowest BCUT2D eigenvalue weighted by Gasteiger charge is -2.40. The number of amides is 1. The number of piperazine rings is 1.